The lowest BCUT2D eigenvalue weighted by Gasteiger charge is -2.18. The standard InChI is InChI=1S/C18H22ClNO/c1-3-18(15-7-9-16(19)10-8-15)20-13-14-5-11-17(12-6-14)21-4-2/h5-12,18,20H,3-4,13H2,1-2H3. The van der Waals surface area contributed by atoms with Crippen molar-refractivity contribution in [2.45, 2.75) is 32.9 Å². The second-order valence-corrected chi connectivity index (χ2v) is 5.41. The predicted octanol–water partition coefficient (Wildman–Crippen LogP) is 4.98. The first kappa shape index (κ1) is 15.9. The van der Waals surface area contributed by atoms with Gasteiger partial charge in [-0.3, -0.25) is 0 Å². The van der Waals surface area contributed by atoms with Gasteiger partial charge in [0.05, 0.1) is 6.61 Å². The molecule has 2 aromatic rings. The fraction of sp³-hybridized carbons (Fsp3) is 0.333. The summed E-state index contributed by atoms with van der Waals surface area (Å²) in [5, 5.41) is 4.37. The van der Waals surface area contributed by atoms with Gasteiger partial charge in [0.1, 0.15) is 5.75 Å². The van der Waals surface area contributed by atoms with E-state index < -0.39 is 0 Å². The lowest BCUT2D eigenvalue weighted by atomic mass is 10.0. The number of hydrogen-bond donors (Lipinski definition) is 1. The fourth-order valence-corrected chi connectivity index (χ4v) is 2.43. The molecule has 0 aliphatic carbocycles. The number of ether oxygens (including phenoxy) is 1. The van der Waals surface area contributed by atoms with E-state index in [4.69, 9.17) is 16.3 Å². The Morgan fingerprint density at radius 3 is 2.24 bits per heavy atom. The van der Waals surface area contributed by atoms with Gasteiger partial charge in [0, 0.05) is 17.6 Å². The van der Waals surface area contributed by atoms with Gasteiger partial charge >= 0.3 is 0 Å². The Bertz CT molecular complexity index is 536. The maximum atomic E-state index is 5.94. The van der Waals surface area contributed by atoms with Gasteiger partial charge in [-0.25, -0.2) is 0 Å². The largest absolute Gasteiger partial charge is 0.494 e. The maximum absolute atomic E-state index is 5.94. The molecular formula is C18H22ClNO. The first-order chi connectivity index (χ1) is 10.2. The summed E-state index contributed by atoms with van der Waals surface area (Å²) in [6.07, 6.45) is 1.04. The van der Waals surface area contributed by atoms with Crippen molar-refractivity contribution in [2.24, 2.45) is 0 Å². The third-order valence-corrected chi connectivity index (χ3v) is 3.72. The zero-order valence-electron chi connectivity index (χ0n) is 12.6. The highest BCUT2D eigenvalue weighted by Crippen LogP contribution is 2.20. The van der Waals surface area contributed by atoms with Crippen LogP contribution in [0, 0.1) is 0 Å². The van der Waals surface area contributed by atoms with Crippen LogP contribution in [-0.2, 0) is 6.54 Å². The van der Waals surface area contributed by atoms with Gasteiger partial charge < -0.3 is 10.1 Å². The van der Waals surface area contributed by atoms with Crippen LogP contribution in [-0.4, -0.2) is 6.61 Å². The molecule has 0 aliphatic heterocycles. The van der Waals surface area contributed by atoms with Gasteiger partial charge in [0.2, 0.25) is 0 Å². The monoisotopic (exact) mass is 303 g/mol. The summed E-state index contributed by atoms with van der Waals surface area (Å²) in [6, 6.07) is 16.6. The molecule has 3 heteroatoms. The Morgan fingerprint density at radius 1 is 1.00 bits per heavy atom. The number of halogens is 1. The molecule has 0 bridgehead atoms. The molecule has 1 atom stereocenters. The zero-order chi connectivity index (χ0) is 15.1. The molecule has 0 aromatic heterocycles. The highest BCUT2D eigenvalue weighted by Gasteiger charge is 2.08. The van der Waals surface area contributed by atoms with Crippen LogP contribution in [0.25, 0.3) is 0 Å². The Morgan fingerprint density at radius 2 is 1.67 bits per heavy atom. The van der Waals surface area contributed by atoms with Crippen molar-refractivity contribution < 1.29 is 4.74 Å². The molecule has 112 valence electrons. The van der Waals surface area contributed by atoms with E-state index in [1.165, 1.54) is 11.1 Å². The van der Waals surface area contributed by atoms with Crippen LogP contribution >= 0.6 is 11.6 Å². The van der Waals surface area contributed by atoms with Crippen LogP contribution in [0.3, 0.4) is 0 Å². The molecule has 1 unspecified atom stereocenters. The van der Waals surface area contributed by atoms with E-state index in [1.807, 2.05) is 31.2 Å². The average molecular weight is 304 g/mol. The van der Waals surface area contributed by atoms with Gasteiger partial charge in [-0.15, -0.1) is 0 Å². The molecule has 0 saturated heterocycles. The minimum atomic E-state index is 0.342. The lowest BCUT2D eigenvalue weighted by Crippen LogP contribution is -2.20. The molecule has 2 aromatic carbocycles. The van der Waals surface area contributed by atoms with E-state index in [1.54, 1.807) is 0 Å². The first-order valence-electron chi connectivity index (χ1n) is 7.43. The number of nitrogens with one attached hydrogen (secondary N) is 1. The minimum Gasteiger partial charge on any atom is -0.494 e. The SMILES string of the molecule is CCOc1ccc(CNC(CC)c2ccc(Cl)cc2)cc1. The van der Waals surface area contributed by atoms with Crippen LogP contribution in [0.4, 0.5) is 0 Å². The van der Waals surface area contributed by atoms with Crippen molar-refractivity contribution in [3.05, 3.63) is 64.7 Å². The third kappa shape index (κ3) is 4.76. The van der Waals surface area contributed by atoms with Crippen molar-refractivity contribution in [3.63, 3.8) is 0 Å². The van der Waals surface area contributed by atoms with Crippen LogP contribution in [0.1, 0.15) is 37.4 Å². The molecular weight excluding hydrogens is 282 g/mol. The molecule has 0 heterocycles. The van der Waals surface area contributed by atoms with Crippen molar-refractivity contribution >= 4 is 11.6 Å². The zero-order valence-corrected chi connectivity index (χ0v) is 13.4. The summed E-state index contributed by atoms with van der Waals surface area (Å²) < 4.78 is 5.46. The quantitative estimate of drug-likeness (QED) is 0.779. The summed E-state index contributed by atoms with van der Waals surface area (Å²) in [5.41, 5.74) is 2.53. The Kier molecular flexibility index (Phi) is 6.09. The van der Waals surface area contributed by atoms with Crippen LogP contribution in [0.5, 0.6) is 5.75 Å². The Labute approximate surface area is 132 Å². The van der Waals surface area contributed by atoms with Gasteiger partial charge in [-0.1, -0.05) is 42.8 Å². The van der Waals surface area contributed by atoms with Crippen LogP contribution in [0.2, 0.25) is 5.02 Å². The second-order valence-electron chi connectivity index (χ2n) is 4.97. The summed E-state index contributed by atoms with van der Waals surface area (Å²) in [6.45, 7) is 5.72. The molecule has 21 heavy (non-hydrogen) atoms. The summed E-state index contributed by atoms with van der Waals surface area (Å²) in [5.74, 6) is 0.922. The molecule has 0 saturated carbocycles. The van der Waals surface area contributed by atoms with Crippen LogP contribution in [0.15, 0.2) is 48.5 Å². The molecule has 0 fully saturated rings. The maximum Gasteiger partial charge on any atom is 0.119 e. The molecule has 1 N–H and O–H groups in total. The van der Waals surface area contributed by atoms with Gasteiger partial charge in [0.25, 0.3) is 0 Å². The lowest BCUT2D eigenvalue weighted by molar-refractivity contribution is 0.340. The first-order valence-corrected chi connectivity index (χ1v) is 7.81. The molecule has 0 aliphatic rings. The normalized spacial score (nSPS) is 12.1. The number of rotatable bonds is 7. The summed E-state index contributed by atoms with van der Waals surface area (Å²) in [7, 11) is 0. The van der Waals surface area contributed by atoms with Crippen LogP contribution < -0.4 is 10.1 Å². The van der Waals surface area contributed by atoms with E-state index in [9.17, 15) is 0 Å². The highest BCUT2D eigenvalue weighted by atomic mass is 35.5. The summed E-state index contributed by atoms with van der Waals surface area (Å²) >= 11 is 5.94. The molecule has 0 spiro atoms. The smallest absolute Gasteiger partial charge is 0.119 e. The van der Waals surface area contributed by atoms with E-state index in [2.05, 4.69) is 36.5 Å². The second kappa shape index (κ2) is 8.06. The van der Waals surface area contributed by atoms with Gasteiger partial charge in [-0.05, 0) is 48.7 Å². The van der Waals surface area contributed by atoms with Crippen molar-refractivity contribution in [1.82, 2.24) is 5.32 Å². The molecule has 0 amide bonds. The van der Waals surface area contributed by atoms with Gasteiger partial charge in [0.15, 0.2) is 0 Å². The molecule has 2 nitrogen and oxygen atoms in total. The Hall–Kier alpha value is -1.51. The van der Waals surface area contributed by atoms with E-state index in [0.29, 0.717) is 12.6 Å². The third-order valence-electron chi connectivity index (χ3n) is 3.47. The molecule has 2 rings (SSSR count). The van der Waals surface area contributed by atoms with E-state index >= 15 is 0 Å². The topological polar surface area (TPSA) is 21.3 Å². The Balaban J connectivity index is 1.94. The highest BCUT2D eigenvalue weighted by molar-refractivity contribution is 6.30. The van der Waals surface area contributed by atoms with Crippen molar-refractivity contribution in [1.29, 1.82) is 0 Å². The fourth-order valence-electron chi connectivity index (χ4n) is 2.30. The van der Waals surface area contributed by atoms with E-state index in [0.717, 1.165) is 23.7 Å². The average Bonchev–Trinajstić information content (AvgIpc) is 2.51. The number of benzene rings is 2. The minimum absolute atomic E-state index is 0.342. The van der Waals surface area contributed by atoms with E-state index in [-0.39, 0.29) is 0 Å². The van der Waals surface area contributed by atoms with Crippen molar-refractivity contribution in [2.75, 3.05) is 6.61 Å². The predicted molar refractivity (Wildman–Crippen MR) is 88.9 cm³/mol. The molecule has 0 radical (unpaired) electrons. The van der Waals surface area contributed by atoms with Gasteiger partial charge in [-0.2, -0.15) is 0 Å². The van der Waals surface area contributed by atoms with Crippen molar-refractivity contribution in [3.8, 4) is 5.75 Å². The summed E-state index contributed by atoms with van der Waals surface area (Å²) in [4.78, 5) is 0. The number of hydrogen-bond acceptors (Lipinski definition) is 2.